The van der Waals surface area contributed by atoms with Gasteiger partial charge in [0.15, 0.2) is 0 Å². The molecule has 88 valence electrons. The number of hydrogen-bond acceptors (Lipinski definition) is 3. The van der Waals surface area contributed by atoms with Crippen molar-refractivity contribution in [2.75, 3.05) is 27.2 Å². The van der Waals surface area contributed by atoms with Crippen molar-refractivity contribution in [3.05, 3.63) is 0 Å². The maximum absolute atomic E-state index is 11.6. The average molecular weight is 212 g/mol. The summed E-state index contributed by atoms with van der Waals surface area (Å²) in [5.74, 6) is 0.370. The Bertz CT molecular complexity index is 216. The predicted molar refractivity (Wildman–Crippen MR) is 63.0 cm³/mol. The van der Waals surface area contributed by atoms with Crippen LogP contribution in [0.5, 0.6) is 0 Å². The third-order valence-electron chi connectivity index (χ3n) is 3.52. The molecule has 1 aliphatic rings. The Hall–Kier alpha value is -0.410. The summed E-state index contributed by atoms with van der Waals surface area (Å²) in [4.78, 5) is 16.2. The van der Waals surface area contributed by atoms with E-state index in [1.54, 1.807) is 0 Å². The molecule has 1 rings (SSSR count). The van der Waals surface area contributed by atoms with Gasteiger partial charge in [-0.05, 0) is 40.4 Å². The molecule has 2 unspecified atom stereocenters. The lowest BCUT2D eigenvalue weighted by molar-refractivity contribution is -0.124. The van der Waals surface area contributed by atoms with Gasteiger partial charge in [-0.25, -0.2) is 0 Å². The first-order valence-electron chi connectivity index (χ1n) is 5.99. The molecule has 0 spiro atoms. The number of rotatable bonds is 4. The molecule has 0 amide bonds. The van der Waals surface area contributed by atoms with Crippen LogP contribution in [0.15, 0.2) is 0 Å². The minimum atomic E-state index is 0.109. The van der Waals surface area contributed by atoms with E-state index in [-0.39, 0.29) is 6.04 Å². The first-order valence-corrected chi connectivity index (χ1v) is 5.99. The fourth-order valence-corrected chi connectivity index (χ4v) is 2.26. The van der Waals surface area contributed by atoms with Gasteiger partial charge >= 0.3 is 0 Å². The molecule has 1 saturated heterocycles. The molecule has 0 radical (unpaired) electrons. The monoisotopic (exact) mass is 212 g/mol. The largest absolute Gasteiger partial charge is 0.305 e. The number of likely N-dealkylation sites (tertiary alicyclic amines) is 1. The van der Waals surface area contributed by atoms with Gasteiger partial charge in [0, 0.05) is 19.0 Å². The molecule has 0 aliphatic carbocycles. The van der Waals surface area contributed by atoms with Crippen LogP contribution in [-0.2, 0) is 4.79 Å². The van der Waals surface area contributed by atoms with Crippen molar-refractivity contribution in [1.29, 1.82) is 0 Å². The highest BCUT2D eigenvalue weighted by atomic mass is 16.1. The van der Waals surface area contributed by atoms with Crippen LogP contribution < -0.4 is 0 Å². The molecule has 0 saturated carbocycles. The minimum Gasteiger partial charge on any atom is -0.305 e. The normalized spacial score (nSPS) is 25.5. The second-order valence-electron chi connectivity index (χ2n) is 4.75. The molecule has 3 nitrogen and oxygen atoms in total. The molecule has 0 N–H and O–H groups in total. The Labute approximate surface area is 93.4 Å². The number of Topliss-reactive ketones (excluding diaryl/α,β-unsaturated/α-hetero) is 1. The quantitative estimate of drug-likeness (QED) is 0.703. The van der Waals surface area contributed by atoms with E-state index in [2.05, 4.69) is 23.9 Å². The number of hydrogen-bond donors (Lipinski definition) is 0. The lowest BCUT2D eigenvalue weighted by Crippen LogP contribution is -2.50. The van der Waals surface area contributed by atoms with E-state index in [1.807, 2.05) is 13.8 Å². The molecule has 0 aromatic rings. The van der Waals surface area contributed by atoms with E-state index in [4.69, 9.17) is 0 Å². The minimum absolute atomic E-state index is 0.109. The number of ketones is 1. The van der Waals surface area contributed by atoms with Gasteiger partial charge < -0.3 is 4.90 Å². The fourth-order valence-electron chi connectivity index (χ4n) is 2.26. The summed E-state index contributed by atoms with van der Waals surface area (Å²) < 4.78 is 0. The molecule has 3 heteroatoms. The maximum atomic E-state index is 11.6. The number of piperidine rings is 1. The average Bonchev–Trinajstić information content (AvgIpc) is 2.27. The standard InChI is InChI=1S/C12H24N2O/c1-5-12(15)10(2)14-8-6-7-11(9-14)13(3)4/h10-11H,5-9H2,1-4H3. The van der Waals surface area contributed by atoms with E-state index in [1.165, 1.54) is 12.8 Å². The van der Waals surface area contributed by atoms with Gasteiger partial charge in [-0.15, -0.1) is 0 Å². The van der Waals surface area contributed by atoms with Crippen molar-refractivity contribution in [3.8, 4) is 0 Å². The van der Waals surface area contributed by atoms with Crippen molar-refractivity contribution >= 4 is 5.78 Å². The van der Waals surface area contributed by atoms with Crippen LogP contribution in [0.1, 0.15) is 33.1 Å². The van der Waals surface area contributed by atoms with Crippen molar-refractivity contribution in [1.82, 2.24) is 9.80 Å². The summed E-state index contributed by atoms with van der Waals surface area (Å²) in [7, 11) is 4.25. The van der Waals surface area contributed by atoms with Gasteiger partial charge in [0.05, 0.1) is 6.04 Å². The van der Waals surface area contributed by atoms with E-state index in [9.17, 15) is 4.79 Å². The second kappa shape index (κ2) is 5.61. The third kappa shape index (κ3) is 3.28. The summed E-state index contributed by atoms with van der Waals surface area (Å²) >= 11 is 0. The van der Waals surface area contributed by atoms with Crippen LogP contribution in [0.2, 0.25) is 0 Å². The molecule has 0 aromatic carbocycles. The summed E-state index contributed by atoms with van der Waals surface area (Å²) in [6, 6.07) is 0.726. The molecule has 1 aliphatic heterocycles. The van der Waals surface area contributed by atoms with Crippen LogP contribution in [0.25, 0.3) is 0 Å². The van der Waals surface area contributed by atoms with E-state index < -0.39 is 0 Å². The highest BCUT2D eigenvalue weighted by Gasteiger charge is 2.27. The van der Waals surface area contributed by atoms with Crippen LogP contribution in [0.4, 0.5) is 0 Å². The highest BCUT2D eigenvalue weighted by Crippen LogP contribution is 2.16. The first kappa shape index (κ1) is 12.7. The predicted octanol–water partition coefficient (Wildman–Crippen LogP) is 1.38. The zero-order valence-corrected chi connectivity index (χ0v) is 10.5. The fraction of sp³-hybridized carbons (Fsp3) is 0.917. The molecule has 1 fully saturated rings. The van der Waals surface area contributed by atoms with Crippen molar-refractivity contribution in [3.63, 3.8) is 0 Å². The third-order valence-corrected chi connectivity index (χ3v) is 3.52. The molecule has 2 atom stereocenters. The highest BCUT2D eigenvalue weighted by molar-refractivity contribution is 5.83. The van der Waals surface area contributed by atoms with Crippen molar-refractivity contribution in [2.24, 2.45) is 0 Å². The van der Waals surface area contributed by atoms with E-state index in [0.717, 1.165) is 13.1 Å². The first-order chi connectivity index (χ1) is 7.06. The van der Waals surface area contributed by atoms with E-state index >= 15 is 0 Å². The molecular formula is C12H24N2O. The topological polar surface area (TPSA) is 23.6 Å². The lowest BCUT2D eigenvalue weighted by Gasteiger charge is -2.38. The van der Waals surface area contributed by atoms with Crippen LogP contribution in [0.3, 0.4) is 0 Å². The van der Waals surface area contributed by atoms with Gasteiger partial charge in [0.1, 0.15) is 5.78 Å². The Kier molecular flexibility index (Phi) is 4.74. The van der Waals surface area contributed by atoms with Gasteiger partial charge in [-0.3, -0.25) is 9.69 Å². The molecule has 0 bridgehead atoms. The number of carbonyl (C=O) groups excluding carboxylic acids is 1. The number of carbonyl (C=O) groups is 1. The zero-order chi connectivity index (χ0) is 11.4. The summed E-state index contributed by atoms with van der Waals surface area (Å²) in [6.07, 6.45) is 3.13. The summed E-state index contributed by atoms with van der Waals surface area (Å²) in [6.45, 7) is 6.12. The number of likely N-dealkylation sites (N-methyl/N-ethyl adjacent to an activating group) is 1. The Morgan fingerprint density at radius 1 is 1.53 bits per heavy atom. The van der Waals surface area contributed by atoms with Crippen LogP contribution >= 0.6 is 0 Å². The smallest absolute Gasteiger partial charge is 0.149 e. The SMILES string of the molecule is CCC(=O)C(C)N1CCCC(N(C)C)C1. The van der Waals surface area contributed by atoms with Crippen molar-refractivity contribution in [2.45, 2.75) is 45.2 Å². The second-order valence-corrected chi connectivity index (χ2v) is 4.75. The van der Waals surface area contributed by atoms with Gasteiger partial charge in [0.2, 0.25) is 0 Å². The molecule has 0 aromatic heterocycles. The number of nitrogens with zero attached hydrogens (tertiary/aromatic N) is 2. The van der Waals surface area contributed by atoms with Crippen molar-refractivity contribution < 1.29 is 4.79 Å². The van der Waals surface area contributed by atoms with Gasteiger partial charge in [-0.1, -0.05) is 6.92 Å². The molecular weight excluding hydrogens is 188 g/mol. The van der Waals surface area contributed by atoms with Crippen LogP contribution in [0, 0.1) is 0 Å². The Morgan fingerprint density at radius 2 is 2.20 bits per heavy atom. The summed E-state index contributed by atoms with van der Waals surface area (Å²) in [5.41, 5.74) is 0. The van der Waals surface area contributed by atoms with Gasteiger partial charge in [0.25, 0.3) is 0 Å². The van der Waals surface area contributed by atoms with E-state index in [0.29, 0.717) is 18.2 Å². The van der Waals surface area contributed by atoms with Crippen LogP contribution in [-0.4, -0.2) is 54.9 Å². The lowest BCUT2D eigenvalue weighted by atomic mass is 10.0. The van der Waals surface area contributed by atoms with Gasteiger partial charge in [-0.2, -0.15) is 0 Å². The zero-order valence-electron chi connectivity index (χ0n) is 10.5. The molecule has 1 heterocycles. The Morgan fingerprint density at radius 3 is 2.73 bits per heavy atom. The Balaban J connectivity index is 2.52. The molecule has 15 heavy (non-hydrogen) atoms. The summed E-state index contributed by atoms with van der Waals surface area (Å²) in [5, 5.41) is 0. The maximum Gasteiger partial charge on any atom is 0.149 e.